The van der Waals surface area contributed by atoms with Crippen LogP contribution in [0, 0.1) is 0 Å². The Morgan fingerprint density at radius 3 is 2.65 bits per heavy atom. The summed E-state index contributed by atoms with van der Waals surface area (Å²) in [6.45, 7) is 0. The third-order valence-corrected chi connectivity index (χ3v) is 2.81. The summed E-state index contributed by atoms with van der Waals surface area (Å²) >= 11 is 10.8. The lowest BCUT2D eigenvalue weighted by molar-refractivity contribution is 0.0417. The second-order valence-electron chi connectivity index (χ2n) is 3.45. The van der Waals surface area contributed by atoms with Gasteiger partial charge < -0.3 is 4.42 Å². The van der Waals surface area contributed by atoms with Crippen LogP contribution in [0.1, 0.15) is 11.8 Å². The number of hydrogen-bond donors (Lipinski definition) is 2. The Labute approximate surface area is 105 Å². The van der Waals surface area contributed by atoms with Crippen molar-refractivity contribution in [1.29, 1.82) is 0 Å². The standard InChI is InChI=1S/C10H8Cl2F2N2O/c11-6-3-1-2-5-4-7(17-8(5)6)9(16-15)10(12,13)14/h1-4,9,16H,15H2. The van der Waals surface area contributed by atoms with Crippen LogP contribution in [-0.4, -0.2) is 5.38 Å². The van der Waals surface area contributed by atoms with Gasteiger partial charge in [0.25, 0.3) is 0 Å². The summed E-state index contributed by atoms with van der Waals surface area (Å²) in [5.41, 5.74) is 2.24. The number of rotatable bonds is 3. The summed E-state index contributed by atoms with van der Waals surface area (Å²) in [5.74, 6) is 4.97. The zero-order valence-electron chi connectivity index (χ0n) is 8.38. The molecule has 17 heavy (non-hydrogen) atoms. The van der Waals surface area contributed by atoms with Crippen LogP contribution in [-0.2, 0) is 0 Å². The van der Waals surface area contributed by atoms with Gasteiger partial charge in [0.05, 0.1) is 5.02 Å². The van der Waals surface area contributed by atoms with Crippen molar-refractivity contribution in [2.75, 3.05) is 0 Å². The van der Waals surface area contributed by atoms with Crippen LogP contribution in [0.4, 0.5) is 8.78 Å². The largest absolute Gasteiger partial charge is 0.457 e. The first-order chi connectivity index (χ1) is 7.93. The molecule has 1 heterocycles. The topological polar surface area (TPSA) is 51.2 Å². The van der Waals surface area contributed by atoms with Crippen molar-refractivity contribution in [1.82, 2.24) is 5.43 Å². The minimum absolute atomic E-state index is 0.0735. The van der Waals surface area contributed by atoms with Gasteiger partial charge in [0, 0.05) is 5.39 Å². The molecule has 0 bridgehead atoms. The van der Waals surface area contributed by atoms with Crippen molar-refractivity contribution in [2.45, 2.75) is 11.4 Å². The van der Waals surface area contributed by atoms with E-state index in [1.54, 1.807) is 18.2 Å². The van der Waals surface area contributed by atoms with Crippen LogP contribution in [0.3, 0.4) is 0 Å². The van der Waals surface area contributed by atoms with Gasteiger partial charge in [-0.1, -0.05) is 23.7 Å². The molecule has 1 aromatic heterocycles. The van der Waals surface area contributed by atoms with Crippen molar-refractivity contribution < 1.29 is 13.2 Å². The highest BCUT2D eigenvalue weighted by Gasteiger charge is 2.40. The second-order valence-corrected chi connectivity index (χ2v) is 4.36. The molecule has 0 aliphatic carbocycles. The molecule has 2 aromatic rings. The number of nitrogens with two attached hydrogens (primary N) is 1. The molecule has 1 aromatic carbocycles. The second kappa shape index (κ2) is 4.42. The average Bonchev–Trinajstić information content (AvgIpc) is 2.61. The van der Waals surface area contributed by atoms with E-state index in [9.17, 15) is 8.78 Å². The summed E-state index contributed by atoms with van der Waals surface area (Å²) in [6.07, 6.45) is 0. The first-order valence-electron chi connectivity index (χ1n) is 4.64. The monoisotopic (exact) mass is 280 g/mol. The predicted octanol–water partition coefficient (Wildman–Crippen LogP) is 3.42. The highest BCUT2D eigenvalue weighted by atomic mass is 35.5. The number of fused-ring (bicyclic) bond motifs is 1. The van der Waals surface area contributed by atoms with E-state index in [4.69, 9.17) is 33.5 Å². The summed E-state index contributed by atoms with van der Waals surface area (Å²) < 4.78 is 31.3. The fourth-order valence-electron chi connectivity index (χ4n) is 1.53. The molecule has 3 nitrogen and oxygen atoms in total. The van der Waals surface area contributed by atoms with Gasteiger partial charge in [-0.2, -0.15) is 8.78 Å². The maximum atomic E-state index is 13.0. The molecule has 3 N–H and O–H groups in total. The maximum absolute atomic E-state index is 13.0. The summed E-state index contributed by atoms with van der Waals surface area (Å²) in [6, 6.07) is 4.78. The summed E-state index contributed by atoms with van der Waals surface area (Å²) in [5, 5.41) is -2.62. The Balaban J connectivity index is 2.52. The van der Waals surface area contributed by atoms with Gasteiger partial charge in [-0.3, -0.25) is 5.84 Å². The molecule has 1 unspecified atom stereocenters. The van der Waals surface area contributed by atoms with Crippen molar-refractivity contribution in [2.24, 2.45) is 5.84 Å². The third kappa shape index (κ3) is 2.37. The van der Waals surface area contributed by atoms with Gasteiger partial charge >= 0.3 is 5.38 Å². The molecule has 0 fully saturated rings. The molecule has 0 radical (unpaired) electrons. The highest BCUT2D eigenvalue weighted by Crippen LogP contribution is 2.37. The van der Waals surface area contributed by atoms with Crippen molar-refractivity contribution in [3.8, 4) is 0 Å². The van der Waals surface area contributed by atoms with E-state index in [2.05, 4.69) is 0 Å². The SMILES string of the molecule is NNC(c1cc2cccc(Cl)c2o1)C(F)(F)Cl. The third-order valence-electron chi connectivity index (χ3n) is 2.29. The van der Waals surface area contributed by atoms with Crippen LogP contribution < -0.4 is 11.3 Å². The van der Waals surface area contributed by atoms with E-state index in [1.165, 1.54) is 6.07 Å². The number of nitrogens with one attached hydrogen (secondary N) is 1. The molecule has 92 valence electrons. The highest BCUT2D eigenvalue weighted by molar-refractivity contribution is 6.34. The van der Waals surface area contributed by atoms with Gasteiger partial charge in [-0.25, -0.2) is 5.43 Å². The zero-order valence-corrected chi connectivity index (χ0v) is 9.90. The molecule has 0 saturated heterocycles. The zero-order chi connectivity index (χ0) is 12.6. The molecule has 0 saturated carbocycles. The average molecular weight is 281 g/mol. The molecular formula is C10H8Cl2F2N2O. The lowest BCUT2D eigenvalue weighted by Crippen LogP contribution is -2.37. The molecule has 0 spiro atoms. The molecule has 0 aliphatic heterocycles. The number of furan rings is 1. The Hall–Kier alpha value is -0.880. The molecule has 0 amide bonds. The van der Waals surface area contributed by atoms with E-state index < -0.39 is 11.4 Å². The van der Waals surface area contributed by atoms with Gasteiger partial charge in [-0.15, -0.1) is 0 Å². The van der Waals surface area contributed by atoms with Crippen LogP contribution in [0.5, 0.6) is 0 Å². The number of para-hydroxylation sites is 1. The Kier molecular flexibility index (Phi) is 3.27. The molecular weight excluding hydrogens is 273 g/mol. The lowest BCUT2D eigenvalue weighted by Gasteiger charge is -2.17. The molecule has 2 rings (SSSR count). The van der Waals surface area contributed by atoms with Crippen molar-refractivity contribution in [3.63, 3.8) is 0 Å². The van der Waals surface area contributed by atoms with Gasteiger partial charge in [0.1, 0.15) is 5.76 Å². The maximum Gasteiger partial charge on any atom is 0.345 e. The quantitative estimate of drug-likeness (QED) is 0.515. The van der Waals surface area contributed by atoms with Gasteiger partial charge in [0.2, 0.25) is 0 Å². The minimum atomic E-state index is -3.56. The van der Waals surface area contributed by atoms with Crippen molar-refractivity contribution >= 4 is 34.2 Å². The van der Waals surface area contributed by atoms with Crippen LogP contribution in [0.15, 0.2) is 28.7 Å². The van der Waals surface area contributed by atoms with Crippen molar-refractivity contribution in [3.05, 3.63) is 35.0 Å². The van der Waals surface area contributed by atoms with Gasteiger partial charge in [0.15, 0.2) is 11.6 Å². The Morgan fingerprint density at radius 1 is 1.41 bits per heavy atom. The summed E-state index contributed by atoms with van der Waals surface area (Å²) in [4.78, 5) is 0. The van der Waals surface area contributed by atoms with Crippen LogP contribution in [0.25, 0.3) is 11.0 Å². The van der Waals surface area contributed by atoms with E-state index in [-0.39, 0.29) is 5.76 Å². The number of hydrogen-bond acceptors (Lipinski definition) is 3. The number of benzene rings is 1. The van der Waals surface area contributed by atoms with E-state index in [0.29, 0.717) is 16.0 Å². The van der Waals surface area contributed by atoms with E-state index >= 15 is 0 Å². The smallest absolute Gasteiger partial charge is 0.345 e. The van der Waals surface area contributed by atoms with Crippen LogP contribution >= 0.6 is 23.2 Å². The van der Waals surface area contributed by atoms with Crippen LogP contribution in [0.2, 0.25) is 5.02 Å². The molecule has 1 atom stereocenters. The summed E-state index contributed by atoms with van der Waals surface area (Å²) in [7, 11) is 0. The minimum Gasteiger partial charge on any atom is -0.457 e. The Bertz CT molecular complexity index is 539. The molecule has 0 aliphatic rings. The lowest BCUT2D eigenvalue weighted by atomic mass is 10.2. The fraction of sp³-hybridized carbons (Fsp3) is 0.200. The molecule has 7 heteroatoms. The number of hydrazine groups is 1. The first-order valence-corrected chi connectivity index (χ1v) is 5.40. The van der Waals surface area contributed by atoms with E-state index in [0.717, 1.165) is 0 Å². The predicted molar refractivity (Wildman–Crippen MR) is 62.1 cm³/mol. The first kappa shape index (κ1) is 12.6. The van der Waals surface area contributed by atoms with Gasteiger partial charge in [-0.05, 0) is 23.7 Å². The van der Waals surface area contributed by atoms with E-state index in [1.807, 2.05) is 5.43 Å². The normalized spacial score (nSPS) is 14.2. The number of alkyl halides is 3. The fourth-order valence-corrected chi connectivity index (χ4v) is 1.92. The Morgan fingerprint density at radius 2 is 2.12 bits per heavy atom. The number of halogens is 4.